The van der Waals surface area contributed by atoms with E-state index < -0.39 is 12.7 Å². The van der Waals surface area contributed by atoms with E-state index in [2.05, 4.69) is 45.5 Å². The van der Waals surface area contributed by atoms with Crippen molar-refractivity contribution in [2.24, 2.45) is 0 Å². The molecule has 0 aliphatic heterocycles. The fourth-order valence-corrected chi connectivity index (χ4v) is 8.03. The highest BCUT2D eigenvalue weighted by Gasteiger charge is 2.31. The summed E-state index contributed by atoms with van der Waals surface area (Å²) in [6.45, 7) is 0. The summed E-state index contributed by atoms with van der Waals surface area (Å²) in [5, 5.41) is 0. The summed E-state index contributed by atoms with van der Waals surface area (Å²) in [6.07, 6.45) is 0. The highest BCUT2D eigenvalue weighted by molar-refractivity contribution is 14.2. The largest absolute Gasteiger partial charge is 0.446 e. The first-order valence-corrected chi connectivity index (χ1v) is 12.4. The lowest BCUT2D eigenvalue weighted by molar-refractivity contribution is -0.0328. The van der Waals surface area contributed by atoms with Gasteiger partial charge in [-0.15, -0.1) is 7.20 Å². The van der Waals surface area contributed by atoms with Crippen molar-refractivity contribution in [2.45, 2.75) is 25.1 Å². The highest BCUT2D eigenvalue weighted by Crippen LogP contribution is 2.74. The van der Waals surface area contributed by atoms with Crippen molar-refractivity contribution in [3.63, 3.8) is 0 Å². The van der Waals surface area contributed by atoms with Crippen LogP contribution in [0, 0.1) is 0 Å². The van der Waals surface area contributed by atoms with E-state index in [1.807, 2.05) is 48.5 Å². The van der Waals surface area contributed by atoms with E-state index in [4.69, 9.17) is 0 Å². The normalized spacial score (nSPS) is 12.8. The summed E-state index contributed by atoms with van der Waals surface area (Å²) in [5.74, 6) is 0. The molecule has 3 aromatic rings. The molecule has 0 fully saturated rings. The van der Waals surface area contributed by atoms with Crippen LogP contribution in [0.4, 0.5) is 13.2 Å². The van der Waals surface area contributed by atoms with Crippen LogP contribution in [0.2, 0.25) is 0 Å². The van der Waals surface area contributed by atoms with E-state index in [0.717, 1.165) is 14.7 Å². The first-order chi connectivity index (χ1) is 11.9. The number of benzene rings is 3. The molecule has 25 heavy (non-hydrogen) atoms. The van der Waals surface area contributed by atoms with Crippen molar-refractivity contribution in [3.05, 3.63) is 84.9 Å². The predicted octanol–water partition coefficient (Wildman–Crippen LogP) is 7.93. The molecule has 0 spiro atoms. The molecule has 0 unspecified atom stereocenters. The Morgan fingerprint density at radius 1 is 0.640 bits per heavy atom. The van der Waals surface area contributed by atoms with Crippen LogP contribution < -0.4 is 0 Å². The number of hydrogen-bond acceptors (Lipinski definition) is 1. The average Bonchev–Trinajstić information content (AvgIpc) is 2.62. The lowest BCUT2D eigenvalue weighted by Crippen LogP contribution is -1.99. The molecule has 0 atom stereocenters. The van der Waals surface area contributed by atoms with Crippen LogP contribution >= 0.6 is 40.2 Å². The lowest BCUT2D eigenvalue weighted by atomic mass is 10.4. The van der Waals surface area contributed by atoms with Gasteiger partial charge in [0.15, 0.2) is 0 Å². The Morgan fingerprint density at radius 3 is 1.44 bits per heavy atom. The van der Waals surface area contributed by atoms with Crippen LogP contribution in [0.25, 0.3) is 0 Å². The molecule has 3 aromatic carbocycles. The Hall–Kier alpha value is -1.12. The van der Waals surface area contributed by atoms with Gasteiger partial charge in [0.25, 0.3) is 0 Å². The van der Waals surface area contributed by atoms with Crippen LogP contribution in [0.15, 0.2) is 105 Å². The van der Waals surface area contributed by atoms with Crippen molar-refractivity contribution in [3.8, 4) is 0 Å². The van der Waals surface area contributed by atoms with E-state index in [-0.39, 0.29) is 16.7 Å². The van der Waals surface area contributed by atoms with Gasteiger partial charge >= 0.3 is 5.51 Å². The van der Waals surface area contributed by atoms with E-state index >= 15 is 0 Å². The lowest BCUT2D eigenvalue weighted by Gasteiger charge is -2.35. The van der Waals surface area contributed by atoms with Crippen LogP contribution in [-0.2, 0) is 0 Å². The zero-order chi connectivity index (χ0) is 17.9. The Kier molecular flexibility index (Phi) is 5.70. The summed E-state index contributed by atoms with van der Waals surface area (Å²) < 4.78 is 37.7. The second-order valence-electron chi connectivity index (χ2n) is 5.18. The van der Waals surface area contributed by atoms with Gasteiger partial charge in [-0.25, -0.2) is 0 Å². The van der Waals surface area contributed by atoms with Crippen molar-refractivity contribution in [1.82, 2.24) is 0 Å². The quantitative estimate of drug-likeness (QED) is 0.264. The van der Waals surface area contributed by atoms with Crippen LogP contribution in [0.1, 0.15) is 0 Å². The van der Waals surface area contributed by atoms with Gasteiger partial charge in [0, 0.05) is 19.6 Å². The molecule has 0 N–H and O–H groups in total. The topological polar surface area (TPSA) is 0 Å². The summed E-state index contributed by atoms with van der Waals surface area (Å²) in [6, 6.07) is 27.0. The Bertz CT molecular complexity index is 779. The molecule has 0 aliphatic carbocycles. The minimum Gasteiger partial charge on any atom is -0.160 e. The summed E-state index contributed by atoms with van der Waals surface area (Å²) in [5.41, 5.74) is -4.27. The number of rotatable bonds is 4. The van der Waals surface area contributed by atoms with E-state index in [1.165, 1.54) is 0 Å². The monoisotopic (exact) mass is 490 g/mol. The molecule has 0 saturated carbocycles. The molecule has 130 valence electrons. The maximum Gasteiger partial charge on any atom is 0.446 e. The van der Waals surface area contributed by atoms with E-state index in [1.54, 1.807) is 12.1 Å². The standard InChI is InChI=1S/C19H14F3IS2/c20-19(21,22)24-15-11-13-18(14-12-15)25(23,16-7-3-1-4-8-16)17-9-5-2-6-10-17/h1-14H. The van der Waals surface area contributed by atoms with Crippen molar-refractivity contribution < 1.29 is 13.2 Å². The van der Waals surface area contributed by atoms with Crippen LogP contribution in [-0.4, -0.2) is 5.51 Å². The number of hydrogen-bond donors (Lipinski definition) is 0. The maximum atomic E-state index is 12.6. The third kappa shape index (κ3) is 4.35. The highest BCUT2D eigenvalue weighted by atomic mass is 127. The molecular weight excluding hydrogens is 476 g/mol. The average molecular weight is 490 g/mol. The van der Waals surface area contributed by atoms with Gasteiger partial charge in [0.2, 0.25) is 0 Å². The number of alkyl halides is 3. The summed E-state index contributed by atoms with van der Waals surface area (Å²) >= 11 is 2.39. The molecule has 3 rings (SSSR count). The van der Waals surface area contributed by atoms with Gasteiger partial charge < -0.3 is 0 Å². The molecule has 0 nitrogen and oxygen atoms in total. The van der Waals surface area contributed by atoms with Crippen LogP contribution in [0.5, 0.6) is 0 Å². The Morgan fingerprint density at radius 2 is 1.04 bits per heavy atom. The first kappa shape index (κ1) is 18.7. The van der Waals surface area contributed by atoms with E-state index in [9.17, 15) is 13.2 Å². The second-order valence-corrected chi connectivity index (χ2v) is 12.8. The van der Waals surface area contributed by atoms with Gasteiger partial charge in [-0.2, -0.15) is 13.2 Å². The van der Waals surface area contributed by atoms with Gasteiger partial charge in [-0.3, -0.25) is 0 Å². The predicted molar refractivity (Wildman–Crippen MR) is 108 cm³/mol. The number of thioether (sulfide) groups is 1. The van der Waals surface area contributed by atoms with Crippen LogP contribution in [0.3, 0.4) is 0 Å². The molecule has 0 radical (unpaired) electrons. The minimum atomic E-state index is -4.27. The summed E-state index contributed by atoms with van der Waals surface area (Å²) in [4.78, 5) is 3.56. The van der Waals surface area contributed by atoms with Crippen molar-refractivity contribution in [2.75, 3.05) is 0 Å². The van der Waals surface area contributed by atoms with Crippen molar-refractivity contribution >= 4 is 40.2 Å². The van der Waals surface area contributed by atoms with E-state index in [0.29, 0.717) is 0 Å². The SMILES string of the molecule is FC(F)(F)Sc1ccc(S(I)(c2ccccc2)c2ccccc2)cc1. The fourth-order valence-electron chi connectivity index (χ4n) is 2.45. The molecule has 6 heteroatoms. The molecule has 0 aliphatic rings. The maximum absolute atomic E-state index is 12.6. The molecule has 0 aromatic heterocycles. The molecule has 0 heterocycles. The Balaban J connectivity index is 2.07. The zero-order valence-corrected chi connectivity index (χ0v) is 16.7. The summed E-state index contributed by atoms with van der Waals surface area (Å²) in [7, 11) is -1.56. The Labute approximate surface area is 162 Å². The van der Waals surface area contributed by atoms with Crippen molar-refractivity contribution in [1.29, 1.82) is 0 Å². The number of halogens is 4. The smallest absolute Gasteiger partial charge is 0.160 e. The first-order valence-electron chi connectivity index (χ1n) is 7.38. The van der Waals surface area contributed by atoms with Gasteiger partial charge in [-0.05, 0) is 81.5 Å². The van der Waals surface area contributed by atoms with Gasteiger partial charge in [-0.1, -0.05) is 36.4 Å². The molecular formula is C19H14F3IS2. The molecule has 0 bridgehead atoms. The fraction of sp³-hybridized carbons (Fsp3) is 0.0526. The minimum absolute atomic E-state index is 0.0815. The zero-order valence-electron chi connectivity index (χ0n) is 12.9. The third-order valence-electron chi connectivity index (χ3n) is 3.52. The second kappa shape index (κ2) is 7.63. The molecule has 0 amide bonds. The van der Waals surface area contributed by atoms with Gasteiger partial charge in [0.1, 0.15) is 0 Å². The third-order valence-corrected chi connectivity index (χ3v) is 11.6. The molecule has 0 saturated heterocycles. The van der Waals surface area contributed by atoms with Gasteiger partial charge in [0.05, 0.1) is 0 Å².